The monoisotopic (exact) mass is 234 g/mol. The lowest BCUT2D eigenvalue weighted by Crippen LogP contribution is -2.38. The number of aryl methyl sites for hydroxylation is 1. The first-order valence-corrected chi connectivity index (χ1v) is 6.95. The van der Waals surface area contributed by atoms with Gasteiger partial charge in [-0.3, -0.25) is 0 Å². The third kappa shape index (κ3) is 2.01. The topological polar surface area (TPSA) is 38.0 Å². The summed E-state index contributed by atoms with van der Waals surface area (Å²) in [5, 5.41) is 10.8. The molecule has 3 heteroatoms. The van der Waals surface area contributed by atoms with E-state index in [1.165, 1.54) is 19.3 Å². The molecule has 0 saturated heterocycles. The average molecular weight is 234 g/mol. The summed E-state index contributed by atoms with van der Waals surface area (Å²) in [6, 6.07) is 0. The first-order valence-electron chi connectivity index (χ1n) is 6.95. The molecule has 2 aliphatic carbocycles. The van der Waals surface area contributed by atoms with Crippen LogP contribution in [0.2, 0.25) is 0 Å². The van der Waals surface area contributed by atoms with Crippen LogP contribution in [-0.4, -0.2) is 20.3 Å². The zero-order chi connectivity index (χ0) is 11.9. The Morgan fingerprint density at radius 3 is 3.29 bits per heavy atom. The van der Waals surface area contributed by atoms with E-state index in [-0.39, 0.29) is 0 Å². The van der Waals surface area contributed by atoms with Crippen molar-refractivity contribution < 1.29 is 5.11 Å². The van der Waals surface area contributed by atoms with E-state index >= 15 is 0 Å². The highest BCUT2D eigenvalue weighted by Crippen LogP contribution is 2.55. The van der Waals surface area contributed by atoms with Gasteiger partial charge >= 0.3 is 0 Å². The Hall–Kier alpha value is -0.830. The second-order valence-corrected chi connectivity index (χ2v) is 5.81. The predicted octanol–water partition coefficient (Wildman–Crippen LogP) is 2.39. The summed E-state index contributed by atoms with van der Waals surface area (Å²) in [7, 11) is 0. The van der Waals surface area contributed by atoms with E-state index in [1.807, 2.05) is 12.4 Å². The lowest BCUT2D eigenvalue weighted by Gasteiger charge is -2.32. The van der Waals surface area contributed by atoms with Gasteiger partial charge in [-0.15, -0.1) is 0 Å². The number of aliphatic hydroxyl groups is 1. The van der Waals surface area contributed by atoms with E-state index in [4.69, 9.17) is 0 Å². The SMILES string of the molecule is CCCn1ccnc1CC1(O)CCCC2CC21. The van der Waals surface area contributed by atoms with Crippen LogP contribution in [0.3, 0.4) is 0 Å². The molecule has 0 radical (unpaired) electrons. The van der Waals surface area contributed by atoms with Crippen LogP contribution in [0.15, 0.2) is 12.4 Å². The van der Waals surface area contributed by atoms with E-state index in [9.17, 15) is 5.11 Å². The van der Waals surface area contributed by atoms with Crippen molar-refractivity contribution in [1.82, 2.24) is 9.55 Å². The zero-order valence-electron chi connectivity index (χ0n) is 10.6. The normalized spacial score (nSPS) is 35.6. The lowest BCUT2D eigenvalue weighted by atomic mass is 9.82. The fraction of sp³-hybridized carbons (Fsp3) is 0.786. The molecule has 3 atom stereocenters. The molecule has 1 N–H and O–H groups in total. The minimum Gasteiger partial charge on any atom is -0.389 e. The van der Waals surface area contributed by atoms with Crippen molar-refractivity contribution in [2.45, 2.75) is 57.6 Å². The molecule has 0 aliphatic heterocycles. The van der Waals surface area contributed by atoms with Crippen molar-refractivity contribution in [3.8, 4) is 0 Å². The van der Waals surface area contributed by atoms with Gasteiger partial charge in [-0.25, -0.2) is 4.98 Å². The fourth-order valence-electron chi connectivity index (χ4n) is 3.53. The van der Waals surface area contributed by atoms with Crippen molar-refractivity contribution in [3.63, 3.8) is 0 Å². The highest BCUT2D eigenvalue weighted by molar-refractivity contribution is 5.09. The largest absolute Gasteiger partial charge is 0.389 e. The van der Waals surface area contributed by atoms with Crippen molar-refractivity contribution in [1.29, 1.82) is 0 Å². The van der Waals surface area contributed by atoms with E-state index in [0.717, 1.165) is 37.5 Å². The maximum atomic E-state index is 10.8. The molecule has 0 aromatic carbocycles. The number of hydrogen-bond donors (Lipinski definition) is 1. The minimum absolute atomic E-state index is 0.459. The molecule has 0 bridgehead atoms. The van der Waals surface area contributed by atoms with E-state index < -0.39 is 5.60 Å². The Morgan fingerprint density at radius 2 is 2.47 bits per heavy atom. The van der Waals surface area contributed by atoms with Crippen molar-refractivity contribution in [2.75, 3.05) is 0 Å². The van der Waals surface area contributed by atoms with Gasteiger partial charge in [-0.05, 0) is 37.5 Å². The molecule has 94 valence electrons. The standard InChI is InChI=1S/C14H22N2O/c1-2-7-16-8-6-15-13(16)10-14(17)5-3-4-11-9-12(11)14/h6,8,11-12,17H,2-5,7,9-10H2,1H3. The third-order valence-electron chi connectivity index (χ3n) is 4.53. The van der Waals surface area contributed by atoms with Crippen molar-refractivity contribution in [3.05, 3.63) is 18.2 Å². The van der Waals surface area contributed by atoms with Crippen LogP contribution in [0.4, 0.5) is 0 Å². The van der Waals surface area contributed by atoms with E-state index in [1.54, 1.807) is 0 Å². The Balaban J connectivity index is 1.75. The summed E-state index contributed by atoms with van der Waals surface area (Å²) >= 11 is 0. The summed E-state index contributed by atoms with van der Waals surface area (Å²) in [5.74, 6) is 2.44. The second kappa shape index (κ2) is 4.13. The molecule has 1 heterocycles. The van der Waals surface area contributed by atoms with Crippen molar-refractivity contribution in [2.24, 2.45) is 11.8 Å². The molecule has 3 nitrogen and oxygen atoms in total. The van der Waals surface area contributed by atoms with Crippen LogP contribution in [0.1, 0.15) is 44.9 Å². The molecular weight excluding hydrogens is 212 g/mol. The lowest BCUT2D eigenvalue weighted by molar-refractivity contribution is -0.0127. The number of hydrogen-bond acceptors (Lipinski definition) is 2. The molecule has 3 unspecified atom stereocenters. The van der Waals surface area contributed by atoms with Gasteiger partial charge in [0.1, 0.15) is 5.82 Å². The van der Waals surface area contributed by atoms with E-state index in [0.29, 0.717) is 5.92 Å². The van der Waals surface area contributed by atoms with Gasteiger partial charge in [0.15, 0.2) is 0 Å². The molecule has 2 saturated carbocycles. The highest BCUT2D eigenvalue weighted by atomic mass is 16.3. The number of imidazole rings is 1. The van der Waals surface area contributed by atoms with Gasteiger partial charge in [0, 0.05) is 25.4 Å². The van der Waals surface area contributed by atoms with Crippen LogP contribution in [-0.2, 0) is 13.0 Å². The first kappa shape index (κ1) is 11.3. The Bertz CT molecular complexity index is 401. The number of fused-ring (bicyclic) bond motifs is 1. The van der Waals surface area contributed by atoms with Crippen LogP contribution < -0.4 is 0 Å². The molecule has 0 amide bonds. The third-order valence-corrected chi connectivity index (χ3v) is 4.53. The summed E-state index contributed by atoms with van der Waals surface area (Å²) in [6.45, 7) is 3.19. The van der Waals surface area contributed by atoms with Gasteiger partial charge in [0.2, 0.25) is 0 Å². The number of aromatic nitrogens is 2. The van der Waals surface area contributed by atoms with Crippen LogP contribution in [0.25, 0.3) is 0 Å². The maximum Gasteiger partial charge on any atom is 0.111 e. The molecule has 1 aromatic rings. The smallest absolute Gasteiger partial charge is 0.111 e. The van der Waals surface area contributed by atoms with Crippen LogP contribution >= 0.6 is 0 Å². The van der Waals surface area contributed by atoms with Crippen LogP contribution in [0.5, 0.6) is 0 Å². The Labute approximate surface area is 103 Å². The fourth-order valence-corrected chi connectivity index (χ4v) is 3.53. The summed E-state index contributed by atoms with van der Waals surface area (Å²) in [6.07, 6.45) is 10.5. The minimum atomic E-state index is -0.459. The first-order chi connectivity index (χ1) is 8.23. The van der Waals surface area contributed by atoms with Gasteiger partial charge in [0.05, 0.1) is 5.60 Å². The van der Waals surface area contributed by atoms with Gasteiger partial charge < -0.3 is 9.67 Å². The molecule has 2 aliphatic rings. The number of rotatable bonds is 4. The summed E-state index contributed by atoms with van der Waals surface area (Å²) in [4.78, 5) is 4.43. The molecule has 17 heavy (non-hydrogen) atoms. The average Bonchev–Trinajstić information content (AvgIpc) is 2.99. The van der Waals surface area contributed by atoms with Crippen molar-refractivity contribution >= 4 is 0 Å². The van der Waals surface area contributed by atoms with Gasteiger partial charge in [0.25, 0.3) is 0 Å². The summed E-state index contributed by atoms with van der Waals surface area (Å²) < 4.78 is 2.20. The number of nitrogens with zero attached hydrogens (tertiary/aromatic N) is 2. The second-order valence-electron chi connectivity index (χ2n) is 5.81. The molecular formula is C14H22N2O. The van der Waals surface area contributed by atoms with Crippen LogP contribution in [0, 0.1) is 11.8 Å². The molecule has 2 fully saturated rings. The Kier molecular flexibility index (Phi) is 2.74. The predicted molar refractivity (Wildman–Crippen MR) is 66.6 cm³/mol. The maximum absolute atomic E-state index is 10.8. The van der Waals surface area contributed by atoms with E-state index in [2.05, 4.69) is 16.5 Å². The zero-order valence-corrected chi connectivity index (χ0v) is 10.6. The van der Waals surface area contributed by atoms with Gasteiger partial charge in [-0.1, -0.05) is 13.3 Å². The Morgan fingerprint density at radius 1 is 1.59 bits per heavy atom. The summed E-state index contributed by atoms with van der Waals surface area (Å²) in [5.41, 5.74) is -0.459. The molecule has 1 aromatic heterocycles. The van der Waals surface area contributed by atoms with Gasteiger partial charge in [-0.2, -0.15) is 0 Å². The quantitative estimate of drug-likeness (QED) is 0.868. The molecule has 0 spiro atoms. The highest BCUT2D eigenvalue weighted by Gasteiger charge is 2.54. The molecule has 3 rings (SSSR count).